The van der Waals surface area contributed by atoms with Crippen molar-refractivity contribution < 1.29 is 14.0 Å². The fourth-order valence-corrected chi connectivity index (χ4v) is 2.92. The van der Waals surface area contributed by atoms with Gasteiger partial charge in [0.1, 0.15) is 5.82 Å². The van der Waals surface area contributed by atoms with Crippen LogP contribution in [0.5, 0.6) is 0 Å². The number of amides is 2. The molecule has 1 fully saturated rings. The number of nitrogens with zero attached hydrogens (tertiary/aromatic N) is 3. The molecule has 1 aliphatic rings. The number of rotatable bonds is 4. The van der Waals surface area contributed by atoms with Crippen LogP contribution in [0.2, 0.25) is 0 Å². The van der Waals surface area contributed by atoms with Gasteiger partial charge in [0.05, 0.1) is 11.6 Å². The van der Waals surface area contributed by atoms with Crippen LogP contribution >= 0.6 is 12.4 Å². The van der Waals surface area contributed by atoms with E-state index in [1.807, 2.05) is 0 Å². The Morgan fingerprint density at radius 2 is 2.11 bits per heavy atom. The maximum absolute atomic E-state index is 13.9. The summed E-state index contributed by atoms with van der Waals surface area (Å²) >= 11 is 0. The molecule has 2 heterocycles. The van der Waals surface area contributed by atoms with Crippen molar-refractivity contribution in [3.8, 4) is 0 Å². The summed E-state index contributed by atoms with van der Waals surface area (Å²) in [5.41, 5.74) is 0.530. The number of benzene rings is 1. The molecule has 0 saturated carbocycles. The Morgan fingerprint density at radius 3 is 2.78 bits per heavy atom. The van der Waals surface area contributed by atoms with Gasteiger partial charge in [-0.25, -0.2) is 4.39 Å². The van der Waals surface area contributed by atoms with Crippen LogP contribution in [-0.2, 0) is 0 Å². The molecule has 1 aromatic heterocycles. The van der Waals surface area contributed by atoms with E-state index < -0.39 is 17.6 Å². The van der Waals surface area contributed by atoms with Gasteiger partial charge in [0, 0.05) is 32.5 Å². The number of carbonyl (C=O) groups excluding carboxylic acids is 2. The summed E-state index contributed by atoms with van der Waals surface area (Å²) in [5, 5.41) is 10.3. The van der Waals surface area contributed by atoms with Gasteiger partial charge >= 0.3 is 0 Å². The highest BCUT2D eigenvalue weighted by molar-refractivity contribution is 6.03. The lowest BCUT2D eigenvalue weighted by molar-refractivity contribution is 0.0822. The lowest BCUT2D eigenvalue weighted by Crippen LogP contribution is -2.32. The summed E-state index contributed by atoms with van der Waals surface area (Å²) in [6.45, 7) is 1.83. The molecular weight excluding hydrogens is 373 g/mol. The van der Waals surface area contributed by atoms with E-state index in [2.05, 4.69) is 15.7 Å². The molecule has 1 saturated heterocycles. The summed E-state index contributed by atoms with van der Waals surface area (Å²) in [4.78, 5) is 25.7. The molecular formula is C18H23ClFN5O2. The van der Waals surface area contributed by atoms with Gasteiger partial charge in [-0.1, -0.05) is 0 Å². The van der Waals surface area contributed by atoms with Crippen LogP contribution in [-0.4, -0.2) is 53.7 Å². The predicted octanol–water partition coefficient (Wildman–Crippen LogP) is 2.32. The first-order valence-corrected chi connectivity index (χ1v) is 8.54. The molecule has 2 amide bonds. The van der Waals surface area contributed by atoms with Crippen molar-refractivity contribution in [3.63, 3.8) is 0 Å². The summed E-state index contributed by atoms with van der Waals surface area (Å²) in [5.74, 6) is -1.49. The molecule has 0 aliphatic carbocycles. The number of nitrogens with one attached hydrogen (secondary N) is 2. The Balaban J connectivity index is 0.00000261. The molecule has 2 aromatic rings. The first-order chi connectivity index (χ1) is 12.5. The highest BCUT2D eigenvalue weighted by Gasteiger charge is 2.19. The quantitative estimate of drug-likeness (QED) is 0.832. The number of anilines is 1. The van der Waals surface area contributed by atoms with E-state index in [1.165, 1.54) is 23.1 Å². The largest absolute Gasteiger partial charge is 0.345 e. The van der Waals surface area contributed by atoms with Crippen LogP contribution in [0.15, 0.2) is 30.5 Å². The Morgan fingerprint density at radius 1 is 1.33 bits per heavy atom. The minimum Gasteiger partial charge on any atom is -0.345 e. The van der Waals surface area contributed by atoms with E-state index >= 15 is 0 Å². The molecule has 3 rings (SSSR count). The zero-order valence-electron chi connectivity index (χ0n) is 15.2. The Kier molecular flexibility index (Phi) is 6.92. The maximum atomic E-state index is 13.9. The monoisotopic (exact) mass is 395 g/mol. The van der Waals surface area contributed by atoms with Gasteiger partial charge in [-0.2, -0.15) is 5.10 Å². The highest BCUT2D eigenvalue weighted by Crippen LogP contribution is 2.18. The van der Waals surface area contributed by atoms with Crippen LogP contribution in [0.25, 0.3) is 0 Å². The van der Waals surface area contributed by atoms with Gasteiger partial charge in [0.2, 0.25) is 0 Å². The second kappa shape index (κ2) is 8.96. The summed E-state index contributed by atoms with van der Waals surface area (Å²) in [7, 11) is 3.08. The van der Waals surface area contributed by atoms with Crippen LogP contribution < -0.4 is 10.6 Å². The van der Waals surface area contributed by atoms with E-state index in [9.17, 15) is 14.0 Å². The number of hydrogen-bond acceptors (Lipinski definition) is 4. The van der Waals surface area contributed by atoms with Crippen molar-refractivity contribution in [1.82, 2.24) is 20.0 Å². The molecule has 7 nitrogen and oxygen atoms in total. The number of hydrogen-bond donors (Lipinski definition) is 2. The molecule has 1 unspecified atom stereocenters. The smallest absolute Gasteiger partial charge is 0.276 e. The van der Waals surface area contributed by atoms with Gasteiger partial charge in [-0.05, 0) is 43.7 Å². The van der Waals surface area contributed by atoms with Gasteiger partial charge in [-0.3, -0.25) is 14.3 Å². The van der Waals surface area contributed by atoms with Crippen molar-refractivity contribution in [2.24, 2.45) is 0 Å². The average Bonchev–Trinajstić information content (AvgIpc) is 3.13. The standard InChI is InChI=1S/C18H22FN5O2.ClH/c1-23(2)18(26)14-10-12(5-6-15(14)19)21-17(25)16-7-9-24(22-16)13-4-3-8-20-11-13;/h5-7,9-10,13,20H,3-4,8,11H2,1-2H3,(H,21,25);1H. The normalized spacial score (nSPS) is 16.3. The number of carbonyl (C=O) groups is 2. The zero-order chi connectivity index (χ0) is 18.7. The molecule has 0 bridgehead atoms. The average molecular weight is 396 g/mol. The minimum atomic E-state index is -0.629. The lowest BCUT2D eigenvalue weighted by atomic mass is 10.1. The van der Waals surface area contributed by atoms with E-state index in [-0.39, 0.29) is 29.7 Å². The predicted molar refractivity (Wildman–Crippen MR) is 103 cm³/mol. The third-order valence-electron chi connectivity index (χ3n) is 4.35. The highest BCUT2D eigenvalue weighted by atomic mass is 35.5. The summed E-state index contributed by atoms with van der Waals surface area (Å²) in [6.07, 6.45) is 3.88. The number of halogens is 2. The fraction of sp³-hybridized carbons (Fsp3) is 0.389. The maximum Gasteiger partial charge on any atom is 0.276 e. The topological polar surface area (TPSA) is 79.3 Å². The first-order valence-electron chi connectivity index (χ1n) is 8.54. The third-order valence-corrected chi connectivity index (χ3v) is 4.35. The Bertz CT molecular complexity index is 818. The third kappa shape index (κ3) is 4.84. The molecule has 0 radical (unpaired) electrons. The summed E-state index contributed by atoms with van der Waals surface area (Å²) < 4.78 is 15.7. The number of aromatic nitrogens is 2. The van der Waals surface area contributed by atoms with Gasteiger partial charge in [0.25, 0.3) is 11.8 Å². The van der Waals surface area contributed by atoms with Crippen LogP contribution in [0.3, 0.4) is 0 Å². The van der Waals surface area contributed by atoms with Crippen LogP contribution in [0.1, 0.15) is 39.7 Å². The van der Waals surface area contributed by atoms with Gasteiger partial charge in [-0.15, -0.1) is 12.4 Å². The van der Waals surface area contributed by atoms with Crippen molar-refractivity contribution in [2.75, 3.05) is 32.5 Å². The molecule has 27 heavy (non-hydrogen) atoms. The van der Waals surface area contributed by atoms with E-state index in [0.29, 0.717) is 5.69 Å². The lowest BCUT2D eigenvalue weighted by Gasteiger charge is -2.22. The SMILES string of the molecule is CN(C)C(=O)c1cc(NC(=O)c2ccn(C3CCCNC3)n2)ccc1F.Cl. The van der Waals surface area contributed by atoms with Crippen molar-refractivity contribution in [2.45, 2.75) is 18.9 Å². The second-order valence-corrected chi connectivity index (χ2v) is 6.53. The van der Waals surface area contributed by atoms with Crippen LogP contribution in [0, 0.1) is 5.82 Å². The number of piperidine rings is 1. The summed E-state index contributed by atoms with van der Waals surface area (Å²) in [6, 6.07) is 5.80. The molecule has 2 N–H and O–H groups in total. The first kappa shape index (κ1) is 20.9. The minimum absolute atomic E-state index is 0. The van der Waals surface area contributed by atoms with E-state index in [1.54, 1.807) is 31.0 Å². The second-order valence-electron chi connectivity index (χ2n) is 6.53. The van der Waals surface area contributed by atoms with Gasteiger partial charge in [0.15, 0.2) is 5.69 Å². The van der Waals surface area contributed by atoms with Gasteiger partial charge < -0.3 is 15.5 Å². The van der Waals surface area contributed by atoms with E-state index in [4.69, 9.17) is 0 Å². The zero-order valence-corrected chi connectivity index (χ0v) is 16.1. The van der Waals surface area contributed by atoms with Crippen molar-refractivity contribution >= 4 is 29.9 Å². The van der Waals surface area contributed by atoms with Crippen LogP contribution in [0.4, 0.5) is 10.1 Å². The molecule has 146 valence electrons. The fourth-order valence-electron chi connectivity index (χ4n) is 2.92. The van der Waals surface area contributed by atoms with Crippen molar-refractivity contribution in [1.29, 1.82) is 0 Å². The molecule has 0 spiro atoms. The molecule has 1 aromatic carbocycles. The molecule has 1 aliphatic heterocycles. The molecule has 9 heteroatoms. The van der Waals surface area contributed by atoms with Crippen molar-refractivity contribution in [3.05, 3.63) is 47.5 Å². The van der Waals surface area contributed by atoms with E-state index in [0.717, 1.165) is 25.9 Å². The molecule has 1 atom stereocenters. The Labute approximate surface area is 163 Å². The Hall–Kier alpha value is -2.45.